The molecule has 0 heterocycles. The van der Waals surface area contributed by atoms with Crippen LogP contribution >= 0.6 is 0 Å². The first-order chi connectivity index (χ1) is 7.17. The summed E-state index contributed by atoms with van der Waals surface area (Å²) >= 11 is 0. The zero-order valence-electron chi connectivity index (χ0n) is 8.94. The van der Waals surface area contributed by atoms with Crippen molar-refractivity contribution in [2.75, 3.05) is 14.1 Å². The van der Waals surface area contributed by atoms with Gasteiger partial charge in [0, 0.05) is 0 Å². The van der Waals surface area contributed by atoms with Crippen LogP contribution in [0.25, 0.3) is 0 Å². The second-order valence-electron chi connectivity index (χ2n) is 3.57. The van der Waals surface area contributed by atoms with Crippen molar-refractivity contribution in [1.82, 2.24) is 4.90 Å². The largest absolute Gasteiger partial charge is 0.287 e. The summed E-state index contributed by atoms with van der Waals surface area (Å²) in [4.78, 5) is 1.78. The summed E-state index contributed by atoms with van der Waals surface area (Å²) in [6.45, 7) is 0. The van der Waals surface area contributed by atoms with Gasteiger partial charge >= 0.3 is 0 Å². The van der Waals surface area contributed by atoms with E-state index in [4.69, 9.17) is 5.26 Å². The Morgan fingerprint density at radius 1 is 1.20 bits per heavy atom. The first-order valence-corrected chi connectivity index (χ1v) is 4.68. The van der Waals surface area contributed by atoms with Crippen LogP contribution in [0.15, 0.2) is 30.3 Å². The molecular formula is C12H13N3. The molecule has 1 atom stereocenters. The third-order valence-electron chi connectivity index (χ3n) is 2.53. The van der Waals surface area contributed by atoms with Crippen molar-refractivity contribution in [2.45, 2.75) is 12.0 Å². The van der Waals surface area contributed by atoms with E-state index in [0.717, 1.165) is 5.56 Å². The molecular weight excluding hydrogens is 186 g/mol. The molecule has 0 bridgehead atoms. The van der Waals surface area contributed by atoms with Crippen LogP contribution in [0.4, 0.5) is 0 Å². The molecule has 0 spiro atoms. The summed E-state index contributed by atoms with van der Waals surface area (Å²) in [5.74, 6) is 0. The van der Waals surface area contributed by atoms with E-state index in [-0.39, 0.29) is 6.42 Å². The van der Waals surface area contributed by atoms with Crippen LogP contribution in [0.5, 0.6) is 0 Å². The lowest BCUT2D eigenvalue weighted by molar-refractivity contribution is 0.222. The van der Waals surface area contributed by atoms with Crippen molar-refractivity contribution < 1.29 is 0 Å². The summed E-state index contributed by atoms with van der Waals surface area (Å²) < 4.78 is 0. The molecule has 1 unspecified atom stereocenters. The van der Waals surface area contributed by atoms with Gasteiger partial charge in [0.1, 0.15) is 5.54 Å². The van der Waals surface area contributed by atoms with Gasteiger partial charge in [-0.05, 0) is 19.7 Å². The minimum absolute atomic E-state index is 0.167. The van der Waals surface area contributed by atoms with Gasteiger partial charge in [-0.1, -0.05) is 30.3 Å². The van der Waals surface area contributed by atoms with Gasteiger partial charge in [0.05, 0.1) is 18.6 Å². The maximum absolute atomic E-state index is 9.29. The summed E-state index contributed by atoms with van der Waals surface area (Å²) in [7, 11) is 3.63. The van der Waals surface area contributed by atoms with Gasteiger partial charge in [-0.2, -0.15) is 10.5 Å². The van der Waals surface area contributed by atoms with E-state index < -0.39 is 5.54 Å². The Bertz CT molecular complexity index is 397. The molecule has 0 fully saturated rings. The summed E-state index contributed by atoms with van der Waals surface area (Å²) in [5, 5.41) is 18.1. The lowest BCUT2D eigenvalue weighted by atomic mass is 9.87. The molecule has 3 heteroatoms. The fourth-order valence-electron chi connectivity index (χ4n) is 1.55. The Morgan fingerprint density at radius 2 is 1.80 bits per heavy atom. The van der Waals surface area contributed by atoms with E-state index in [1.54, 1.807) is 4.90 Å². The van der Waals surface area contributed by atoms with Crippen LogP contribution in [0.2, 0.25) is 0 Å². The highest BCUT2D eigenvalue weighted by Gasteiger charge is 2.34. The van der Waals surface area contributed by atoms with Gasteiger partial charge in [0.2, 0.25) is 0 Å². The Hall–Kier alpha value is -1.84. The van der Waals surface area contributed by atoms with E-state index in [0.29, 0.717) is 0 Å². The number of nitrogens with zero attached hydrogens (tertiary/aromatic N) is 3. The third-order valence-corrected chi connectivity index (χ3v) is 2.53. The van der Waals surface area contributed by atoms with Gasteiger partial charge < -0.3 is 0 Å². The molecule has 0 saturated heterocycles. The summed E-state index contributed by atoms with van der Waals surface area (Å²) in [6.07, 6.45) is 0.167. The van der Waals surface area contributed by atoms with Crippen molar-refractivity contribution in [1.29, 1.82) is 10.5 Å². The molecule has 0 aromatic heterocycles. The van der Waals surface area contributed by atoms with Crippen LogP contribution in [0.3, 0.4) is 0 Å². The highest BCUT2D eigenvalue weighted by molar-refractivity contribution is 5.32. The van der Waals surface area contributed by atoms with E-state index in [1.165, 1.54) is 0 Å². The van der Waals surface area contributed by atoms with Gasteiger partial charge in [0.15, 0.2) is 0 Å². The number of hydrogen-bond acceptors (Lipinski definition) is 3. The minimum atomic E-state index is -0.837. The average Bonchev–Trinajstić information content (AvgIpc) is 2.26. The lowest BCUT2D eigenvalue weighted by Crippen LogP contribution is -2.39. The van der Waals surface area contributed by atoms with Gasteiger partial charge in [0.25, 0.3) is 0 Å². The molecule has 0 amide bonds. The van der Waals surface area contributed by atoms with Crippen LogP contribution in [0, 0.1) is 22.7 Å². The Morgan fingerprint density at radius 3 is 2.20 bits per heavy atom. The standard InChI is InChI=1S/C12H13N3/c1-15(2)12(10-14,8-9-13)11-6-4-3-5-7-11/h3-7H,8H2,1-2H3. The number of benzene rings is 1. The second-order valence-corrected chi connectivity index (χ2v) is 3.57. The molecule has 15 heavy (non-hydrogen) atoms. The molecule has 0 aliphatic heterocycles. The number of hydrogen-bond donors (Lipinski definition) is 0. The normalized spacial score (nSPS) is 13.9. The fourth-order valence-corrected chi connectivity index (χ4v) is 1.55. The van der Waals surface area contributed by atoms with Crippen LogP contribution in [0.1, 0.15) is 12.0 Å². The van der Waals surface area contributed by atoms with Crippen LogP contribution in [-0.4, -0.2) is 19.0 Å². The third kappa shape index (κ3) is 1.98. The first-order valence-electron chi connectivity index (χ1n) is 4.68. The van der Waals surface area contributed by atoms with Crippen molar-refractivity contribution >= 4 is 0 Å². The predicted molar refractivity (Wildman–Crippen MR) is 57.7 cm³/mol. The maximum atomic E-state index is 9.29. The SMILES string of the molecule is CN(C)C(C#N)(CC#N)c1ccccc1. The van der Waals surface area contributed by atoms with Crippen molar-refractivity contribution in [3.8, 4) is 12.1 Å². The molecule has 0 N–H and O–H groups in total. The highest BCUT2D eigenvalue weighted by atomic mass is 15.1. The van der Waals surface area contributed by atoms with E-state index in [1.807, 2.05) is 44.4 Å². The van der Waals surface area contributed by atoms with Gasteiger partial charge in [-0.25, -0.2) is 0 Å². The molecule has 0 aliphatic rings. The fraction of sp³-hybridized carbons (Fsp3) is 0.333. The van der Waals surface area contributed by atoms with E-state index in [2.05, 4.69) is 12.1 Å². The Balaban J connectivity index is 3.25. The lowest BCUT2D eigenvalue weighted by Gasteiger charge is -2.31. The molecule has 3 nitrogen and oxygen atoms in total. The zero-order chi connectivity index (χ0) is 11.3. The zero-order valence-corrected chi connectivity index (χ0v) is 8.94. The molecule has 76 valence electrons. The molecule has 0 saturated carbocycles. The smallest absolute Gasteiger partial charge is 0.147 e. The molecule has 0 aliphatic carbocycles. The van der Waals surface area contributed by atoms with Crippen LogP contribution in [-0.2, 0) is 5.54 Å². The van der Waals surface area contributed by atoms with E-state index >= 15 is 0 Å². The molecule has 1 aromatic rings. The van der Waals surface area contributed by atoms with Crippen molar-refractivity contribution in [3.63, 3.8) is 0 Å². The average molecular weight is 199 g/mol. The number of rotatable bonds is 3. The summed E-state index contributed by atoms with van der Waals surface area (Å²) in [6, 6.07) is 13.7. The van der Waals surface area contributed by atoms with Crippen molar-refractivity contribution in [2.24, 2.45) is 0 Å². The Labute approximate surface area is 90.2 Å². The van der Waals surface area contributed by atoms with Gasteiger partial charge in [-0.15, -0.1) is 0 Å². The Kier molecular flexibility index (Phi) is 3.44. The molecule has 1 aromatic carbocycles. The van der Waals surface area contributed by atoms with Gasteiger partial charge in [-0.3, -0.25) is 4.90 Å². The second kappa shape index (κ2) is 4.59. The number of nitriles is 2. The van der Waals surface area contributed by atoms with E-state index in [9.17, 15) is 5.26 Å². The molecule has 0 radical (unpaired) electrons. The quantitative estimate of drug-likeness (QED) is 0.746. The summed E-state index contributed by atoms with van der Waals surface area (Å²) in [5.41, 5.74) is 0.0229. The monoisotopic (exact) mass is 199 g/mol. The predicted octanol–water partition coefficient (Wildman–Crippen LogP) is 1.88. The topological polar surface area (TPSA) is 50.8 Å². The van der Waals surface area contributed by atoms with Crippen molar-refractivity contribution in [3.05, 3.63) is 35.9 Å². The first kappa shape index (κ1) is 11.2. The van der Waals surface area contributed by atoms with Crippen LogP contribution < -0.4 is 0 Å². The maximum Gasteiger partial charge on any atom is 0.147 e. The molecule has 1 rings (SSSR count). The highest BCUT2D eigenvalue weighted by Crippen LogP contribution is 2.28. The minimum Gasteiger partial charge on any atom is -0.287 e.